The van der Waals surface area contributed by atoms with Crippen LogP contribution in [0, 0.1) is 6.92 Å². The number of nitrogens with two attached hydrogens (primary N) is 1. The molecule has 0 saturated carbocycles. The highest BCUT2D eigenvalue weighted by atomic mass is 35.5. The van der Waals surface area contributed by atoms with Gasteiger partial charge in [0.25, 0.3) is 10.0 Å². The molecule has 102 valence electrons. The number of sulfonamides is 1. The summed E-state index contributed by atoms with van der Waals surface area (Å²) in [6.07, 6.45) is 0. The normalized spacial score (nSPS) is 10.8. The molecular formula is C13H15ClN2O2S. The Hall–Kier alpha value is -1.40. The molecular weight excluding hydrogens is 284 g/mol. The van der Waals surface area contributed by atoms with Crippen molar-refractivity contribution in [2.24, 2.45) is 0 Å². The van der Waals surface area contributed by atoms with E-state index in [2.05, 4.69) is 4.83 Å². The molecule has 0 aliphatic rings. The maximum Gasteiger partial charge on any atom is 0.282 e. The van der Waals surface area contributed by atoms with Crippen LogP contribution in [0.25, 0.3) is 0 Å². The van der Waals surface area contributed by atoms with Crippen LogP contribution in [0.2, 0.25) is 0 Å². The topological polar surface area (TPSA) is 62.8 Å². The summed E-state index contributed by atoms with van der Waals surface area (Å²) in [6.45, 7) is 1.92. The quantitative estimate of drug-likeness (QED) is 0.393. The number of halogens is 1. The van der Waals surface area contributed by atoms with Gasteiger partial charge in [0.15, 0.2) is 0 Å². The maximum atomic E-state index is 12.0. The fourth-order valence-electron chi connectivity index (χ4n) is 1.48. The van der Waals surface area contributed by atoms with E-state index in [1.807, 2.05) is 37.3 Å². The van der Waals surface area contributed by atoms with Gasteiger partial charge in [-0.3, -0.25) is 0 Å². The van der Waals surface area contributed by atoms with Gasteiger partial charge in [0.2, 0.25) is 0 Å². The van der Waals surface area contributed by atoms with E-state index >= 15 is 0 Å². The molecule has 0 radical (unpaired) electrons. The van der Waals surface area contributed by atoms with E-state index in [0.717, 1.165) is 11.3 Å². The Kier molecular flexibility index (Phi) is 5.50. The van der Waals surface area contributed by atoms with Gasteiger partial charge in [-0.2, -0.15) is 0 Å². The molecule has 0 amide bonds. The van der Waals surface area contributed by atoms with Gasteiger partial charge in [-0.15, -0.1) is 0 Å². The predicted octanol–water partition coefficient (Wildman–Crippen LogP) is -1.91. The van der Waals surface area contributed by atoms with Gasteiger partial charge in [0.05, 0.1) is 4.90 Å². The summed E-state index contributed by atoms with van der Waals surface area (Å²) in [5.74, 6) is 0. The van der Waals surface area contributed by atoms with Gasteiger partial charge in [-0.05, 0) is 19.1 Å². The lowest BCUT2D eigenvalue weighted by atomic mass is 10.2. The molecule has 3 N–H and O–H groups in total. The molecule has 2 aromatic carbocycles. The number of para-hydroxylation sites is 1. The largest absolute Gasteiger partial charge is 1.00 e. The fraction of sp³-hybridized carbons (Fsp3) is 0.0769. The Morgan fingerprint density at radius 2 is 1.53 bits per heavy atom. The highest BCUT2D eigenvalue weighted by molar-refractivity contribution is 7.89. The van der Waals surface area contributed by atoms with E-state index in [1.54, 1.807) is 24.3 Å². The Bertz CT molecular complexity index is 613. The second-order valence-corrected chi connectivity index (χ2v) is 5.70. The second-order valence-electron chi connectivity index (χ2n) is 3.99. The van der Waals surface area contributed by atoms with Gasteiger partial charge < -0.3 is 12.4 Å². The van der Waals surface area contributed by atoms with Crippen molar-refractivity contribution in [1.29, 1.82) is 0 Å². The summed E-state index contributed by atoms with van der Waals surface area (Å²) >= 11 is 0. The second kappa shape index (κ2) is 6.68. The van der Waals surface area contributed by atoms with Crippen molar-refractivity contribution < 1.29 is 26.3 Å². The molecule has 0 aliphatic heterocycles. The van der Waals surface area contributed by atoms with E-state index in [0.29, 0.717) is 0 Å². The van der Waals surface area contributed by atoms with Crippen LogP contribution in [-0.4, -0.2) is 8.42 Å². The van der Waals surface area contributed by atoms with Crippen molar-refractivity contribution in [3.05, 3.63) is 60.2 Å². The van der Waals surface area contributed by atoms with Crippen molar-refractivity contribution in [2.45, 2.75) is 11.8 Å². The zero-order valence-electron chi connectivity index (χ0n) is 10.4. The minimum atomic E-state index is -3.48. The molecule has 0 aromatic heterocycles. The molecule has 0 atom stereocenters. The monoisotopic (exact) mass is 298 g/mol. The lowest BCUT2D eigenvalue weighted by Crippen LogP contribution is -3.00. The first-order valence-electron chi connectivity index (χ1n) is 5.55. The Morgan fingerprint density at radius 1 is 0.947 bits per heavy atom. The number of benzene rings is 2. The SMILES string of the molecule is Cc1ccc(S(=O)(=O)N[NH2+]c2ccccc2)cc1.[Cl-]. The highest BCUT2D eigenvalue weighted by Crippen LogP contribution is 2.08. The fourth-order valence-corrected chi connectivity index (χ4v) is 2.40. The van der Waals surface area contributed by atoms with Crippen LogP contribution in [0.15, 0.2) is 59.5 Å². The minimum Gasteiger partial charge on any atom is -1.00 e. The van der Waals surface area contributed by atoms with Gasteiger partial charge >= 0.3 is 0 Å². The van der Waals surface area contributed by atoms with Crippen molar-refractivity contribution in [3.63, 3.8) is 0 Å². The van der Waals surface area contributed by atoms with E-state index in [9.17, 15) is 8.42 Å². The Labute approximate surface area is 119 Å². The van der Waals surface area contributed by atoms with Crippen LogP contribution < -0.4 is 22.7 Å². The maximum absolute atomic E-state index is 12.0. The third-order valence-corrected chi connectivity index (χ3v) is 3.83. The summed E-state index contributed by atoms with van der Waals surface area (Å²) in [4.78, 5) is 2.72. The molecule has 0 unspecified atom stereocenters. The number of quaternary nitrogens is 1. The van der Waals surface area contributed by atoms with Crippen LogP contribution in [0.4, 0.5) is 5.69 Å². The van der Waals surface area contributed by atoms with Crippen LogP contribution in [0.3, 0.4) is 0 Å². The zero-order chi connectivity index (χ0) is 13.0. The van der Waals surface area contributed by atoms with E-state index in [1.165, 1.54) is 5.43 Å². The van der Waals surface area contributed by atoms with Gasteiger partial charge in [-0.1, -0.05) is 40.7 Å². The standard InChI is InChI=1S/C13H14N2O2S.ClH/c1-11-7-9-13(10-8-11)18(16,17)15-14-12-5-3-2-4-6-12;/h2-10,14-15H,1H3;1H. The molecule has 6 heteroatoms. The summed E-state index contributed by atoms with van der Waals surface area (Å²) in [6, 6.07) is 16.0. The van der Waals surface area contributed by atoms with E-state index in [-0.39, 0.29) is 17.3 Å². The Balaban J connectivity index is 0.00000180. The van der Waals surface area contributed by atoms with E-state index < -0.39 is 10.0 Å². The first-order valence-corrected chi connectivity index (χ1v) is 7.03. The third kappa shape index (κ3) is 4.33. The molecule has 0 spiro atoms. The summed E-state index contributed by atoms with van der Waals surface area (Å²) < 4.78 is 23.9. The number of hydrogen-bond donors (Lipinski definition) is 2. The number of hydrogen-bond acceptors (Lipinski definition) is 2. The third-order valence-electron chi connectivity index (χ3n) is 2.51. The molecule has 19 heavy (non-hydrogen) atoms. The molecule has 2 rings (SSSR count). The van der Waals surface area contributed by atoms with Crippen LogP contribution in [-0.2, 0) is 10.0 Å². The molecule has 4 nitrogen and oxygen atoms in total. The van der Waals surface area contributed by atoms with Crippen molar-refractivity contribution in [2.75, 3.05) is 0 Å². The molecule has 0 saturated heterocycles. The molecule has 0 aliphatic carbocycles. The van der Waals surface area contributed by atoms with E-state index in [4.69, 9.17) is 0 Å². The average molecular weight is 299 g/mol. The first-order chi connectivity index (χ1) is 8.58. The highest BCUT2D eigenvalue weighted by Gasteiger charge is 2.15. The average Bonchev–Trinajstić information content (AvgIpc) is 2.38. The number of nitrogens with one attached hydrogen (secondary N) is 1. The van der Waals surface area contributed by atoms with Crippen molar-refractivity contribution >= 4 is 15.7 Å². The summed E-state index contributed by atoms with van der Waals surface area (Å²) in [7, 11) is -3.48. The Morgan fingerprint density at radius 3 is 2.11 bits per heavy atom. The smallest absolute Gasteiger partial charge is 0.282 e. The summed E-state index contributed by atoms with van der Waals surface area (Å²) in [5, 5.41) is 0. The molecule has 0 fully saturated rings. The predicted molar refractivity (Wildman–Crippen MR) is 69.5 cm³/mol. The molecule has 0 heterocycles. The van der Waals surface area contributed by atoms with Crippen LogP contribution >= 0.6 is 0 Å². The minimum absolute atomic E-state index is 0. The van der Waals surface area contributed by atoms with Crippen LogP contribution in [0.5, 0.6) is 0 Å². The number of aryl methyl sites for hydroxylation is 1. The lowest BCUT2D eigenvalue weighted by Gasteiger charge is -2.05. The first kappa shape index (κ1) is 15.7. The molecule has 2 aromatic rings. The van der Waals surface area contributed by atoms with Gasteiger partial charge in [0.1, 0.15) is 5.69 Å². The van der Waals surface area contributed by atoms with Crippen molar-refractivity contribution in [3.8, 4) is 0 Å². The van der Waals surface area contributed by atoms with Gasteiger partial charge in [-0.25, -0.2) is 13.8 Å². The zero-order valence-corrected chi connectivity index (χ0v) is 11.9. The van der Waals surface area contributed by atoms with Crippen LogP contribution in [0.1, 0.15) is 5.56 Å². The van der Waals surface area contributed by atoms with Crippen molar-refractivity contribution in [1.82, 2.24) is 4.83 Å². The number of rotatable bonds is 4. The summed E-state index contributed by atoms with van der Waals surface area (Å²) in [5.41, 5.74) is 3.32. The van der Waals surface area contributed by atoms with Gasteiger partial charge in [0, 0.05) is 12.1 Å². The molecule has 0 bridgehead atoms. The lowest BCUT2D eigenvalue weighted by molar-refractivity contribution is -0.610.